The Balaban J connectivity index is 1.51. The van der Waals surface area contributed by atoms with E-state index in [1.807, 2.05) is 0 Å². The van der Waals surface area contributed by atoms with Gasteiger partial charge in [-0.05, 0) is 25.7 Å². The van der Waals surface area contributed by atoms with Crippen LogP contribution < -0.4 is 0 Å². The zero-order chi connectivity index (χ0) is 17.6. The van der Waals surface area contributed by atoms with Crippen molar-refractivity contribution in [3.8, 4) is 0 Å². The van der Waals surface area contributed by atoms with Crippen LogP contribution in [0, 0.1) is 0 Å². The molecule has 0 unspecified atom stereocenters. The molecule has 1 aromatic heterocycles. The molecule has 0 spiro atoms. The molecule has 2 atom stereocenters. The number of amides is 2. The smallest absolute Gasteiger partial charge is 0.339 e. The number of carbonyl (C=O) groups excluding carboxylic acids is 1. The highest BCUT2D eigenvalue weighted by Crippen LogP contribution is 2.39. The maximum atomic E-state index is 12.4. The lowest BCUT2D eigenvalue weighted by Gasteiger charge is -2.27. The van der Waals surface area contributed by atoms with Crippen molar-refractivity contribution in [1.82, 2.24) is 20.1 Å². The summed E-state index contributed by atoms with van der Waals surface area (Å²) in [7, 11) is -4.74. The van der Waals surface area contributed by atoms with Crippen LogP contribution in [0.25, 0.3) is 0 Å². The second-order valence-electron chi connectivity index (χ2n) is 6.84. The molecule has 2 saturated heterocycles. The van der Waals surface area contributed by atoms with Crippen molar-refractivity contribution in [2.24, 2.45) is 0 Å². The van der Waals surface area contributed by atoms with E-state index in [2.05, 4.69) is 14.4 Å². The SMILES string of the molecule is O=C1N2C[C@@H](CC[C@H]2c2noc(C3CCCCC3)n2)N1OS(=O)(=O)O. The number of fused-ring (bicyclic) bond motifs is 2. The monoisotopic (exact) mass is 372 g/mol. The standard InChI is InChI=1S/C14H20N4O6S/c19-14-17-8-10(18(14)24-25(20,21)22)6-7-11(17)12-15-13(23-16-12)9-4-2-1-3-5-9/h9-11H,1-8H2,(H,20,21,22)/t10-,11+/m1/s1. The van der Waals surface area contributed by atoms with Crippen LogP contribution in [0.2, 0.25) is 0 Å². The van der Waals surface area contributed by atoms with E-state index < -0.39 is 22.5 Å². The average molecular weight is 372 g/mol. The van der Waals surface area contributed by atoms with E-state index in [-0.39, 0.29) is 12.0 Å². The fraction of sp³-hybridized carbons (Fsp3) is 0.786. The number of hydrogen-bond acceptors (Lipinski definition) is 7. The highest BCUT2D eigenvalue weighted by molar-refractivity contribution is 7.80. The Hall–Kier alpha value is -1.72. The number of aromatic nitrogens is 2. The molecule has 138 valence electrons. The maximum absolute atomic E-state index is 12.4. The number of rotatable bonds is 4. The summed E-state index contributed by atoms with van der Waals surface area (Å²) >= 11 is 0. The first kappa shape index (κ1) is 16.7. The van der Waals surface area contributed by atoms with Gasteiger partial charge in [0, 0.05) is 12.5 Å². The van der Waals surface area contributed by atoms with E-state index in [0.717, 1.165) is 30.7 Å². The van der Waals surface area contributed by atoms with Crippen molar-refractivity contribution >= 4 is 16.4 Å². The van der Waals surface area contributed by atoms with Crippen LogP contribution in [0.15, 0.2) is 4.52 Å². The first-order valence-corrected chi connectivity index (χ1v) is 9.89. The Kier molecular flexibility index (Phi) is 4.16. The largest absolute Gasteiger partial charge is 0.418 e. The van der Waals surface area contributed by atoms with Crippen molar-refractivity contribution in [1.29, 1.82) is 0 Å². The van der Waals surface area contributed by atoms with E-state index in [1.165, 1.54) is 11.3 Å². The molecule has 4 rings (SSSR count). The summed E-state index contributed by atoms with van der Waals surface area (Å²) in [5.74, 6) is 1.34. The minimum atomic E-state index is -4.74. The van der Waals surface area contributed by atoms with E-state index in [9.17, 15) is 13.2 Å². The fourth-order valence-electron chi connectivity index (χ4n) is 4.00. The third-order valence-electron chi connectivity index (χ3n) is 5.21. The average Bonchev–Trinajstić information content (AvgIpc) is 3.16. The van der Waals surface area contributed by atoms with Gasteiger partial charge in [0.25, 0.3) is 0 Å². The molecule has 1 N–H and O–H groups in total. The van der Waals surface area contributed by atoms with Gasteiger partial charge in [-0.1, -0.05) is 24.4 Å². The maximum Gasteiger partial charge on any atom is 0.418 e. The van der Waals surface area contributed by atoms with Gasteiger partial charge in [0.05, 0.1) is 12.1 Å². The van der Waals surface area contributed by atoms with Gasteiger partial charge in [0.2, 0.25) is 5.89 Å². The van der Waals surface area contributed by atoms with Gasteiger partial charge in [-0.15, -0.1) is 4.28 Å². The molecule has 2 amide bonds. The Labute approximate surface area is 145 Å². The van der Waals surface area contributed by atoms with Gasteiger partial charge >= 0.3 is 16.4 Å². The summed E-state index contributed by atoms with van der Waals surface area (Å²) in [6, 6.07) is -1.41. The van der Waals surface area contributed by atoms with E-state index in [0.29, 0.717) is 31.1 Å². The normalized spacial score (nSPS) is 28.0. The van der Waals surface area contributed by atoms with Crippen LogP contribution in [0.3, 0.4) is 0 Å². The zero-order valence-electron chi connectivity index (χ0n) is 13.6. The third kappa shape index (κ3) is 3.23. The highest BCUT2D eigenvalue weighted by Gasteiger charge is 2.49. The zero-order valence-corrected chi connectivity index (χ0v) is 14.4. The molecule has 25 heavy (non-hydrogen) atoms. The predicted molar refractivity (Wildman–Crippen MR) is 82.5 cm³/mol. The molecule has 11 heteroatoms. The quantitative estimate of drug-likeness (QED) is 0.793. The Morgan fingerprint density at radius 1 is 1.16 bits per heavy atom. The number of hydrogen-bond donors (Lipinski definition) is 1. The van der Waals surface area contributed by atoms with Crippen molar-refractivity contribution < 1.29 is 26.6 Å². The number of piperidine rings is 1. The molecule has 3 heterocycles. The molecule has 3 aliphatic rings. The van der Waals surface area contributed by atoms with Gasteiger partial charge < -0.3 is 9.42 Å². The minimum Gasteiger partial charge on any atom is -0.339 e. The van der Waals surface area contributed by atoms with Crippen molar-refractivity contribution in [3.05, 3.63) is 11.7 Å². The third-order valence-corrected chi connectivity index (χ3v) is 5.56. The van der Waals surface area contributed by atoms with Crippen LogP contribution in [0.1, 0.15) is 68.6 Å². The molecular weight excluding hydrogens is 352 g/mol. The van der Waals surface area contributed by atoms with Crippen molar-refractivity contribution in [2.45, 2.75) is 62.9 Å². The number of hydroxylamine groups is 2. The van der Waals surface area contributed by atoms with Gasteiger partial charge in [-0.25, -0.2) is 4.79 Å². The van der Waals surface area contributed by atoms with Crippen LogP contribution >= 0.6 is 0 Å². The van der Waals surface area contributed by atoms with Crippen LogP contribution in [-0.4, -0.2) is 51.7 Å². The van der Waals surface area contributed by atoms with E-state index >= 15 is 0 Å². The Morgan fingerprint density at radius 3 is 2.64 bits per heavy atom. The van der Waals surface area contributed by atoms with Crippen LogP contribution in [-0.2, 0) is 14.7 Å². The summed E-state index contributed by atoms with van der Waals surface area (Å²) < 4.78 is 40.6. The molecule has 2 aliphatic heterocycles. The Morgan fingerprint density at radius 2 is 1.92 bits per heavy atom. The molecule has 3 fully saturated rings. The molecule has 10 nitrogen and oxygen atoms in total. The fourth-order valence-corrected chi connectivity index (χ4v) is 4.39. The van der Waals surface area contributed by atoms with Crippen molar-refractivity contribution in [3.63, 3.8) is 0 Å². The van der Waals surface area contributed by atoms with Gasteiger partial charge in [-0.2, -0.15) is 18.5 Å². The lowest BCUT2D eigenvalue weighted by molar-refractivity contribution is -0.0317. The summed E-state index contributed by atoms with van der Waals surface area (Å²) in [4.78, 5) is 18.4. The van der Waals surface area contributed by atoms with E-state index in [1.54, 1.807) is 0 Å². The molecule has 1 saturated carbocycles. The second kappa shape index (κ2) is 6.22. The highest BCUT2D eigenvalue weighted by atomic mass is 32.3. The van der Waals surface area contributed by atoms with E-state index in [4.69, 9.17) is 9.08 Å². The van der Waals surface area contributed by atoms with Crippen molar-refractivity contribution in [2.75, 3.05) is 6.54 Å². The van der Waals surface area contributed by atoms with Gasteiger partial charge in [0.15, 0.2) is 5.82 Å². The molecular formula is C14H20N4O6S. The lowest BCUT2D eigenvalue weighted by Crippen LogP contribution is -2.35. The number of urea groups is 1. The first-order chi connectivity index (χ1) is 11.9. The first-order valence-electron chi connectivity index (χ1n) is 8.53. The van der Waals surface area contributed by atoms with Crippen LogP contribution in [0.5, 0.6) is 0 Å². The molecule has 1 aliphatic carbocycles. The summed E-state index contributed by atoms with van der Waals surface area (Å²) in [5, 5.41) is 4.78. The summed E-state index contributed by atoms with van der Waals surface area (Å²) in [6.07, 6.45) is 6.70. The van der Waals surface area contributed by atoms with Gasteiger partial charge in [-0.3, -0.25) is 4.55 Å². The summed E-state index contributed by atoms with van der Waals surface area (Å²) in [5.41, 5.74) is 0. The lowest BCUT2D eigenvalue weighted by atomic mass is 9.89. The van der Waals surface area contributed by atoms with Gasteiger partial charge in [0.1, 0.15) is 0 Å². The minimum absolute atomic E-state index is 0.278. The molecule has 2 bridgehead atoms. The van der Waals surface area contributed by atoms with Crippen LogP contribution in [0.4, 0.5) is 4.79 Å². The molecule has 0 radical (unpaired) electrons. The topological polar surface area (TPSA) is 126 Å². The molecule has 0 aromatic carbocycles. The Bertz CT molecular complexity index is 759. The molecule has 1 aromatic rings. The predicted octanol–water partition coefficient (Wildman–Crippen LogP) is 1.79. The number of nitrogens with zero attached hydrogens (tertiary/aromatic N) is 4. The second-order valence-corrected chi connectivity index (χ2v) is 7.84. The number of carbonyl (C=O) groups is 1. The summed E-state index contributed by atoms with van der Waals surface area (Å²) in [6.45, 7) is 0.298.